The third-order valence-corrected chi connectivity index (χ3v) is 4.58. The van der Waals surface area contributed by atoms with Crippen molar-refractivity contribution in [3.63, 3.8) is 0 Å². The average Bonchev–Trinajstić information content (AvgIpc) is 2.54. The number of rotatable bonds is 1. The molecule has 2 aliphatic heterocycles. The molecule has 1 saturated carbocycles. The van der Waals surface area contributed by atoms with Crippen LogP contribution < -0.4 is 0 Å². The molecule has 3 rings (SSSR count). The fraction of sp³-hybridized carbons (Fsp3) is 1.00. The fourth-order valence-electron chi connectivity index (χ4n) is 3.83. The highest BCUT2D eigenvalue weighted by atomic mass is 15.3. The molecule has 0 spiro atoms. The number of likely N-dealkylation sites (N-methyl/N-ethyl adjacent to an activating group) is 1. The molecule has 0 N–H and O–H groups in total. The first-order chi connectivity index (χ1) is 6.72. The predicted octanol–water partition coefficient (Wildman–Crippen LogP) is 1.28. The zero-order valence-corrected chi connectivity index (χ0v) is 9.45. The SMILES string of the molecule is C[C@H]1C[C@@H]2CN(C3CN(C)C3)C[C@@H]2C1. The van der Waals surface area contributed by atoms with E-state index in [0.717, 1.165) is 23.8 Å². The smallest absolute Gasteiger partial charge is 0.0350 e. The van der Waals surface area contributed by atoms with Gasteiger partial charge in [0, 0.05) is 32.2 Å². The summed E-state index contributed by atoms with van der Waals surface area (Å²) in [5, 5.41) is 0. The average molecular weight is 194 g/mol. The van der Waals surface area contributed by atoms with Gasteiger partial charge in [0.2, 0.25) is 0 Å². The highest BCUT2D eigenvalue weighted by molar-refractivity contribution is 4.96. The summed E-state index contributed by atoms with van der Waals surface area (Å²) in [5.41, 5.74) is 0. The molecule has 2 nitrogen and oxygen atoms in total. The Kier molecular flexibility index (Phi) is 2.10. The van der Waals surface area contributed by atoms with Crippen LogP contribution in [-0.2, 0) is 0 Å². The van der Waals surface area contributed by atoms with Gasteiger partial charge in [0.1, 0.15) is 0 Å². The Bertz CT molecular complexity index is 208. The van der Waals surface area contributed by atoms with Gasteiger partial charge in [-0.25, -0.2) is 0 Å². The summed E-state index contributed by atoms with van der Waals surface area (Å²) < 4.78 is 0. The van der Waals surface area contributed by atoms with Gasteiger partial charge in [-0.05, 0) is 37.6 Å². The Labute approximate surface area is 87.3 Å². The van der Waals surface area contributed by atoms with Crippen molar-refractivity contribution in [3.05, 3.63) is 0 Å². The van der Waals surface area contributed by atoms with E-state index in [0.29, 0.717) is 0 Å². The number of likely N-dealkylation sites (tertiary alicyclic amines) is 2. The van der Waals surface area contributed by atoms with Gasteiger partial charge >= 0.3 is 0 Å². The molecule has 2 heteroatoms. The van der Waals surface area contributed by atoms with Crippen molar-refractivity contribution in [2.75, 3.05) is 33.2 Å². The van der Waals surface area contributed by atoms with Gasteiger partial charge in [0.15, 0.2) is 0 Å². The summed E-state index contributed by atoms with van der Waals surface area (Å²) in [6.07, 6.45) is 3.01. The van der Waals surface area contributed by atoms with Crippen LogP contribution in [-0.4, -0.2) is 49.1 Å². The van der Waals surface area contributed by atoms with Gasteiger partial charge in [-0.2, -0.15) is 0 Å². The first-order valence-corrected chi connectivity index (χ1v) is 6.15. The van der Waals surface area contributed by atoms with Crippen LogP contribution in [0.1, 0.15) is 19.8 Å². The van der Waals surface area contributed by atoms with Crippen LogP contribution in [0.4, 0.5) is 0 Å². The zero-order valence-electron chi connectivity index (χ0n) is 9.45. The van der Waals surface area contributed by atoms with E-state index in [1.165, 1.54) is 39.0 Å². The van der Waals surface area contributed by atoms with E-state index in [1.807, 2.05) is 0 Å². The second-order valence-corrected chi connectivity index (χ2v) is 5.93. The van der Waals surface area contributed by atoms with Crippen molar-refractivity contribution >= 4 is 0 Å². The lowest BCUT2D eigenvalue weighted by molar-refractivity contribution is 0.0627. The van der Waals surface area contributed by atoms with Crippen molar-refractivity contribution in [1.29, 1.82) is 0 Å². The van der Waals surface area contributed by atoms with Crippen molar-refractivity contribution in [2.45, 2.75) is 25.8 Å². The highest BCUT2D eigenvalue weighted by Crippen LogP contribution is 2.42. The lowest BCUT2D eigenvalue weighted by Crippen LogP contribution is -2.57. The molecule has 0 bridgehead atoms. The summed E-state index contributed by atoms with van der Waals surface area (Å²) >= 11 is 0. The summed E-state index contributed by atoms with van der Waals surface area (Å²) in [6.45, 7) is 7.88. The molecule has 2 heterocycles. The molecule has 3 atom stereocenters. The predicted molar refractivity (Wildman–Crippen MR) is 58.2 cm³/mol. The second-order valence-electron chi connectivity index (χ2n) is 5.93. The standard InChI is InChI=1S/C12H22N2/c1-9-3-10-5-14(6-11(10)4-9)12-7-13(2)8-12/h9-12H,3-8H2,1-2H3/t9-,10+,11-. The van der Waals surface area contributed by atoms with E-state index in [1.54, 1.807) is 0 Å². The number of hydrogen-bond acceptors (Lipinski definition) is 2. The van der Waals surface area contributed by atoms with Crippen molar-refractivity contribution in [1.82, 2.24) is 9.80 Å². The Morgan fingerprint density at radius 3 is 2.00 bits per heavy atom. The summed E-state index contributed by atoms with van der Waals surface area (Å²) in [5.74, 6) is 3.11. The topological polar surface area (TPSA) is 6.48 Å². The maximum atomic E-state index is 2.77. The largest absolute Gasteiger partial charge is 0.303 e. The lowest BCUT2D eigenvalue weighted by Gasteiger charge is -2.42. The molecule has 80 valence electrons. The minimum atomic E-state index is 0.904. The minimum Gasteiger partial charge on any atom is -0.303 e. The van der Waals surface area contributed by atoms with Crippen molar-refractivity contribution < 1.29 is 0 Å². The van der Waals surface area contributed by atoms with E-state index >= 15 is 0 Å². The van der Waals surface area contributed by atoms with Crippen LogP contribution in [0.15, 0.2) is 0 Å². The Morgan fingerprint density at radius 2 is 1.50 bits per heavy atom. The van der Waals surface area contributed by atoms with Gasteiger partial charge in [-0.1, -0.05) is 6.92 Å². The lowest BCUT2D eigenvalue weighted by atomic mass is 10.0. The molecule has 0 radical (unpaired) electrons. The van der Waals surface area contributed by atoms with Crippen molar-refractivity contribution in [3.8, 4) is 0 Å². The highest BCUT2D eigenvalue weighted by Gasteiger charge is 2.43. The molecule has 1 aliphatic carbocycles. The minimum absolute atomic E-state index is 0.904. The molecule has 0 aromatic heterocycles. The Balaban J connectivity index is 1.57. The molecular weight excluding hydrogens is 172 g/mol. The third-order valence-electron chi connectivity index (χ3n) is 4.58. The molecule has 2 saturated heterocycles. The van der Waals surface area contributed by atoms with Gasteiger partial charge in [-0.15, -0.1) is 0 Å². The summed E-state index contributed by atoms with van der Waals surface area (Å²) in [4.78, 5) is 5.20. The van der Waals surface area contributed by atoms with Crippen LogP contribution in [0.5, 0.6) is 0 Å². The Morgan fingerprint density at radius 1 is 0.929 bits per heavy atom. The third kappa shape index (κ3) is 1.40. The zero-order chi connectivity index (χ0) is 9.71. The maximum Gasteiger partial charge on any atom is 0.0350 e. The molecule has 0 amide bonds. The van der Waals surface area contributed by atoms with E-state index < -0.39 is 0 Å². The van der Waals surface area contributed by atoms with Gasteiger partial charge < -0.3 is 4.90 Å². The van der Waals surface area contributed by atoms with Crippen LogP contribution in [0.3, 0.4) is 0 Å². The van der Waals surface area contributed by atoms with Gasteiger partial charge in [0.25, 0.3) is 0 Å². The molecule has 0 unspecified atom stereocenters. The molecule has 3 fully saturated rings. The van der Waals surface area contributed by atoms with Gasteiger partial charge in [-0.3, -0.25) is 4.90 Å². The molecule has 14 heavy (non-hydrogen) atoms. The Hall–Kier alpha value is -0.0800. The van der Waals surface area contributed by atoms with E-state index in [2.05, 4.69) is 23.8 Å². The monoisotopic (exact) mass is 194 g/mol. The summed E-state index contributed by atoms with van der Waals surface area (Å²) in [6, 6.07) is 0.904. The van der Waals surface area contributed by atoms with Crippen LogP contribution in [0.25, 0.3) is 0 Å². The second kappa shape index (κ2) is 3.21. The first kappa shape index (κ1) is 9.17. The van der Waals surface area contributed by atoms with E-state index in [-0.39, 0.29) is 0 Å². The quantitative estimate of drug-likeness (QED) is 0.620. The fourth-order valence-corrected chi connectivity index (χ4v) is 3.83. The van der Waals surface area contributed by atoms with Crippen molar-refractivity contribution in [2.24, 2.45) is 17.8 Å². The maximum absolute atomic E-state index is 2.77. The molecule has 0 aromatic carbocycles. The number of hydrogen-bond donors (Lipinski definition) is 0. The van der Waals surface area contributed by atoms with Crippen LogP contribution in [0, 0.1) is 17.8 Å². The number of nitrogens with zero attached hydrogens (tertiary/aromatic N) is 2. The normalized spacial score (nSPS) is 45.4. The van der Waals surface area contributed by atoms with Crippen LogP contribution in [0.2, 0.25) is 0 Å². The molecular formula is C12H22N2. The number of fused-ring (bicyclic) bond motifs is 1. The molecule has 3 aliphatic rings. The van der Waals surface area contributed by atoms with E-state index in [4.69, 9.17) is 0 Å². The summed E-state index contributed by atoms with van der Waals surface area (Å²) in [7, 11) is 2.23. The van der Waals surface area contributed by atoms with Crippen LogP contribution >= 0.6 is 0 Å². The molecule has 0 aromatic rings. The van der Waals surface area contributed by atoms with Gasteiger partial charge in [0.05, 0.1) is 0 Å². The first-order valence-electron chi connectivity index (χ1n) is 6.15. The van der Waals surface area contributed by atoms with E-state index in [9.17, 15) is 0 Å².